The van der Waals surface area contributed by atoms with Crippen LogP contribution in [0.25, 0.3) is 0 Å². The molecular formula is C8H6BrIN2O2. The lowest BCUT2D eigenvalue weighted by Gasteiger charge is -2.25. The Morgan fingerprint density at radius 3 is 3.14 bits per heavy atom. The summed E-state index contributed by atoms with van der Waals surface area (Å²) in [5.74, 6) is 0.451. The van der Waals surface area contributed by atoms with E-state index >= 15 is 0 Å². The van der Waals surface area contributed by atoms with E-state index in [0.29, 0.717) is 11.6 Å². The van der Waals surface area contributed by atoms with Gasteiger partial charge in [0.1, 0.15) is 9.39 Å². The highest BCUT2D eigenvalue weighted by atomic mass is 127. The number of anilines is 1. The van der Waals surface area contributed by atoms with Crippen LogP contribution >= 0.6 is 38.5 Å². The number of ether oxygens (including phenoxy) is 1. The molecule has 0 unspecified atom stereocenters. The van der Waals surface area contributed by atoms with E-state index in [1.54, 1.807) is 11.9 Å². The van der Waals surface area contributed by atoms with Gasteiger partial charge in [0.05, 0.1) is 4.47 Å². The van der Waals surface area contributed by atoms with Crippen LogP contribution in [0.1, 0.15) is 0 Å². The Bertz CT molecular complexity index is 411. The fourth-order valence-electron chi connectivity index (χ4n) is 1.15. The van der Waals surface area contributed by atoms with Gasteiger partial charge in [-0.25, -0.2) is 4.98 Å². The number of carbonyl (C=O) groups excluding carboxylic acids is 1. The van der Waals surface area contributed by atoms with E-state index in [9.17, 15) is 4.79 Å². The first kappa shape index (κ1) is 10.2. The first-order valence-corrected chi connectivity index (χ1v) is 5.72. The highest BCUT2D eigenvalue weighted by Gasteiger charge is 2.24. The lowest BCUT2D eigenvalue weighted by molar-refractivity contribution is -0.121. The number of aromatic nitrogens is 1. The summed E-state index contributed by atoms with van der Waals surface area (Å²) in [4.78, 5) is 17.1. The van der Waals surface area contributed by atoms with Crippen molar-refractivity contribution in [1.82, 2.24) is 4.98 Å². The molecule has 0 spiro atoms. The van der Waals surface area contributed by atoms with Gasteiger partial charge in [-0.3, -0.25) is 4.79 Å². The van der Waals surface area contributed by atoms with Crippen LogP contribution in [0.15, 0.2) is 10.5 Å². The fraction of sp³-hybridized carbons (Fsp3) is 0.250. The van der Waals surface area contributed by atoms with Gasteiger partial charge in [0, 0.05) is 7.05 Å². The maximum Gasteiger partial charge on any atom is 0.264 e. The molecule has 2 rings (SSSR count). The van der Waals surface area contributed by atoms with Gasteiger partial charge >= 0.3 is 0 Å². The fourth-order valence-corrected chi connectivity index (χ4v) is 1.83. The molecule has 0 aliphatic carbocycles. The summed E-state index contributed by atoms with van der Waals surface area (Å²) in [6, 6.07) is 1.83. The standard InChI is InChI=1S/C8H6BrIN2O2/c1-12-5-2-4(9)7(10)11-8(5)14-3-6(12)13/h2H,3H2,1H3. The third-order valence-electron chi connectivity index (χ3n) is 1.95. The largest absolute Gasteiger partial charge is 0.466 e. The molecule has 0 aromatic carbocycles. The quantitative estimate of drug-likeness (QED) is 0.518. The number of rotatable bonds is 0. The third-order valence-corrected chi connectivity index (χ3v) is 4.12. The van der Waals surface area contributed by atoms with Gasteiger partial charge in [-0.15, -0.1) is 0 Å². The lowest BCUT2D eigenvalue weighted by atomic mass is 10.3. The second-order valence-corrected chi connectivity index (χ2v) is 4.70. The highest BCUT2D eigenvalue weighted by molar-refractivity contribution is 14.1. The predicted octanol–water partition coefficient (Wildman–Crippen LogP) is 1.80. The molecule has 2 heterocycles. The SMILES string of the molecule is CN1C(=O)COc2nc(I)c(Br)cc21. The summed E-state index contributed by atoms with van der Waals surface area (Å²) in [7, 11) is 1.71. The van der Waals surface area contributed by atoms with Crippen LogP contribution in [0.4, 0.5) is 5.69 Å². The molecule has 14 heavy (non-hydrogen) atoms. The molecule has 0 saturated carbocycles. The second kappa shape index (κ2) is 3.65. The minimum absolute atomic E-state index is 0.0626. The zero-order valence-corrected chi connectivity index (χ0v) is 11.0. The van der Waals surface area contributed by atoms with Crippen LogP contribution in [0.3, 0.4) is 0 Å². The monoisotopic (exact) mass is 368 g/mol. The van der Waals surface area contributed by atoms with Crippen molar-refractivity contribution in [3.05, 3.63) is 14.2 Å². The summed E-state index contributed by atoms with van der Waals surface area (Å²) in [5, 5.41) is 0. The van der Waals surface area contributed by atoms with E-state index in [0.717, 1.165) is 8.17 Å². The van der Waals surface area contributed by atoms with Crippen molar-refractivity contribution < 1.29 is 9.53 Å². The molecule has 0 N–H and O–H groups in total. The molecule has 1 aromatic rings. The van der Waals surface area contributed by atoms with Crippen molar-refractivity contribution in [2.45, 2.75) is 0 Å². The molecule has 4 nitrogen and oxygen atoms in total. The summed E-state index contributed by atoms with van der Waals surface area (Å²) < 4.78 is 6.90. The Kier molecular flexibility index (Phi) is 2.65. The first-order valence-electron chi connectivity index (χ1n) is 3.85. The number of amides is 1. The Morgan fingerprint density at radius 1 is 1.71 bits per heavy atom. The van der Waals surface area contributed by atoms with Gasteiger partial charge in [0.25, 0.3) is 5.91 Å². The third kappa shape index (κ3) is 1.60. The van der Waals surface area contributed by atoms with Crippen LogP contribution in [0, 0.1) is 3.70 Å². The van der Waals surface area contributed by atoms with Gasteiger partial charge in [-0.05, 0) is 44.6 Å². The minimum atomic E-state index is -0.0626. The van der Waals surface area contributed by atoms with E-state index < -0.39 is 0 Å². The van der Waals surface area contributed by atoms with Gasteiger partial charge in [0.2, 0.25) is 5.88 Å². The lowest BCUT2D eigenvalue weighted by Crippen LogP contribution is -2.35. The van der Waals surface area contributed by atoms with Crippen LogP contribution in [-0.4, -0.2) is 24.5 Å². The molecular weight excluding hydrogens is 363 g/mol. The van der Waals surface area contributed by atoms with Gasteiger partial charge in [-0.1, -0.05) is 0 Å². The van der Waals surface area contributed by atoms with Crippen molar-refractivity contribution in [3.8, 4) is 5.88 Å². The maximum absolute atomic E-state index is 11.3. The van der Waals surface area contributed by atoms with Crippen molar-refractivity contribution in [2.75, 3.05) is 18.6 Å². The Morgan fingerprint density at radius 2 is 2.43 bits per heavy atom. The minimum Gasteiger partial charge on any atom is -0.466 e. The summed E-state index contributed by atoms with van der Waals surface area (Å²) in [5.41, 5.74) is 0.702. The van der Waals surface area contributed by atoms with Crippen LogP contribution in [-0.2, 0) is 4.79 Å². The smallest absolute Gasteiger partial charge is 0.264 e. The van der Waals surface area contributed by atoms with Crippen LogP contribution in [0.2, 0.25) is 0 Å². The summed E-state index contributed by atoms with van der Waals surface area (Å²) >= 11 is 5.46. The number of nitrogens with zero attached hydrogens (tertiary/aromatic N) is 2. The van der Waals surface area contributed by atoms with Crippen LogP contribution < -0.4 is 9.64 Å². The van der Waals surface area contributed by atoms with Crippen molar-refractivity contribution in [2.24, 2.45) is 0 Å². The zero-order chi connectivity index (χ0) is 10.3. The van der Waals surface area contributed by atoms with Crippen molar-refractivity contribution in [3.63, 3.8) is 0 Å². The number of fused-ring (bicyclic) bond motifs is 1. The second-order valence-electron chi connectivity index (χ2n) is 2.83. The molecule has 1 aliphatic heterocycles. The highest BCUT2D eigenvalue weighted by Crippen LogP contribution is 2.33. The van der Waals surface area contributed by atoms with Gasteiger partial charge in [-0.2, -0.15) is 0 Å². The van der Waals surface area contributed by atoms with Gasteiger partial charge < -0.3 is 9.64 Å². The normalized spacial score (nSPS) is 15.1. The number of pyridine rings is 1. The van der Waals surface area contributed by atoms with Crippen LogP contribution in [0.5, 0.6) is 5.88 Å². The molecule has 1 aliphatic rings. The van der Waals surface area contributed by atoms with E-state index in [2.05, 4.69) is 43.5 Å². The van der Waals surface area contributed by atoms with E-state index in [4.69, 9.17) is 4.74 Å². The van der Waals surface area contributed by atoms with Crippen molar-refractivity contribution >= 4 is 50.1 Å². The van der Waals surface area contributed by atoms with E-state index in [1.807, 2.05) is 6.07 Å². The molecule has 0 radical (unpaired) electrons. The number of hydrogen-bond acceptors (Lipinski definition) is 3. The molecule has 0 saturated heterocycles. The van der Waals surface area contributed by atoms with E-state index in [-0.39, 0.29) is 12.5 Å². The number of halogens is 2. The molecule has 0 fully saturated rings. The first-order chi connectivity index (χ1) is 6.59. The molecule has 74 valence electrons. The summed E-state index contributed by atoms with van der Waals surface area (Å²) in [6.45, 7) is 0.0637. The number of carbonyl (C=O) groups is 1. The maximum atomic E-state index is 11.3. The molecule has 1 amide bonds. The van der Waals surface area contributed by atoms with Gasteiger partial charge in [0.15, 0.2) is 6.61 Å². The molecule has 6 heteroatoms. The predicted molar refractivity (Wildman–Crippen MR) is 63.6 cm³/mol. The molecule has 1 aromatic heterocycles. The molecule has 0 atom stereocenters. The topological polar surface area (TPSA) is 42.4 Å². The Labute approximate surface area is 103 Å². The Hall–Kier alpha value is -0.370. The average Bonchev–Trinajstić information content (AvgIpc) is 2.15. The number of hydrogen-bond donors (Lipinski definition) is 0. The summed E-state index contributed by atoms with van der Waals surface area (Å²) in [6.07, 6.45) is 0. The average molecular weight is 369 g/mol. The van der Waals surface area contributed by atoms with Crippen molar-refractivity contribution in [1.29, 1.82) is 0 Å². The Balaban J connectivity index is 2.55. The van der Waals surface area contributed by atoms with E-state index in [1.165, 1.54) is 0 Å². The number of likely N-dealkylation sites (N-methyl/N-ethyl adjacent to an activating group) is 1. The molecule has 0 bridgehead atoms. The zero-order valence-electron chi connectivity index (χ0n) is 7.25.